The molecular weight excluding hydrogens is 318 g/mol. The van der Waals surface area contributed by atoms with E-state index in [0.29, 0.717) is 18.0 Å². The van der Waals surface area contributed by atoms with Crippen molar-refractivity contribution >= 4 is 27.6 Å². The molecule has 1 atom stereocenters. The lowest BCUT2D eigenvalue weighted by Crippen LogP contribution is -2.18. The standard InChI is InChI=1S/C15H17N3O4S/c1-11-2-3-13(22-11)4-5-15(19)17-14-6-8-16-18(14)12-7-9-23(20,21)10-12/h2-6,8,12H,7,9-10H2,1H3,(H,17,19)/b5-4-/t12-/m1/s1. The van der Waals surface area contributed by atoms with E-state index in [1.54, 1.807) is 29.1 Å². The highest BCUT2D eigenvalue weighted by Gasteiger charge is 2.30. The van der Waals surface area contributed by atoms with Crippen LogP contribution in [0, 0.1) is 6.92 Å². The molecular formula is C15H17N3O4S. The summed E-state index contributed by atoms with van der Waals surface area (Å²) in [5.74, 6) is 1.72. The molecule has 0 unspecified atom stereocenters. The summed E-state index contributed by atoms with van der Waals surface area (Å²) in [6.45, 7) is 1.83. The van der Waals surface area contributed by atoms with Gasteiger partial charge in [0.15, 0.2) is 9.84 Å². The van der Waals surface area contributed by atoms with Gasteiger partial charge >= 0.3 is 0 Å². The summed E-state index contributed by atoms with van der Waals surface area (Å²) >= 11 is 0. The van der Waals surface area contributed by atoms with E-state index in [-0.39, 0.29) is 23.5 Å². The predicted octanol–water partition coefficient (Wildman–Crippen LogP) is 1.80. The third-order valence-corrected chi connectivity index (χ3v) is 5.39. The van der Waals surface area contributed by atoms with Crippen molar-refractivity contribution < 1.29 is 17.6 Å². The van der Waals surface area contributed by atoms with Gasteiger partial charge in [-0.2, -0.15) is 5.10 Å². The van der Waals surface area contributed by atoms with Gasteiger partial charge in [0, 0.05) is 12.1 Å². The molecule has 1 fully saturated rings. The Kier molecular flexibility index (Phi) is 4.08. The van der Waals surface area contributed by atoms with Gasteiger partial charge in [-0.05, 0) is 31.6 Å². The number of hydrogen-bond acceptors (Lipinski definition) is 5. The summed E-state index contributed by atoms with van der Waals surface area (Å²) in [7, 11) is -3.01. The van der Waals surface area contributed by atoms with Gasteiger partial charge in [0.05, 0.1) is 23.7 Å². The first-order chi connectivity index (χ1) is 10.9. The van der Waals surface area contributed by atoms with E-state index in [0.717, 1.165) is 5.76 Å². The quantitative estimate of drug-likeness (QED) is 0.860. The van der Waals surface area contributed by atoms with Crippen molar-refractivity contribution in [3.63, 3.8) is 0 Å². The van der Waals surface area contributed by atoms with Crippen LogP contribution < -0.4 is 5.32 Å². The number of aromatic nitrogens is 2. The van der Waals surface area contributed by atoms with Gasteiger partial charge in [-0.25, -0.2) is 13.1 Å². The Morgan fingerprint density at radius 2 is 2.26 bits per heavy atom. The fraction of sp³-hybridized carbons (Fsp3) is 0.333. The van der Waals surface area contributed by atoms with Crippen molar-refractivity contribution in [2.24, 2.45) is 0 Å². The van der Waals surface area contributed by atoms with Crippen molar-refractivity contribution in [1.82, 2.24) is 9.78 Å². The van der Waals surface area contributed by atoms with Crippen LogP contribution in [0.1, 0.15) is 24.0 Å². The van der Waals surface area contributed by atoms with Crippen LogP contribution in [0.15, 0.2) is 34.9 Å². The maximum Gasteiger partial charge on any atom is 0.249 e. The zero-order valence-electron chi connectivity index (χ0n) is 12.6. The van der Waals surface area contributed by atoms with Gasteiger partial charge in [0.1, 0.15) is 17.3 Å². The first-order valence-corrected chi connectivity index (χ1v) is 9.04. The highest BCUT2D eigenvalue weighted by Crippen LogP contribution is 2.26. The fourth-order valence-electron chi connectivity index (χ4n) is 2.54. The van der Waals surface area contributed by atoms with E-state index in [2.05, 4.69) is 10.4 Å². The molecule has 2 aromatic heterocycles. The van der Waals surface area contributed by atoms with Crippen LogP contribution in [-0.4, -0.2) is 35.6 Å². The zero-order valence-corrected chi connectivity index (χ0v) is 13.4. The smallest absolute Gasteiger partial charge is 0.249 e. The second-order valence-corrected chi connectivity index (χ2v) is 7.72. The third-order valence-electron chi connectivity index (χ3n) is 3.64. The second-order valence-electron chi connectivity index (χ2n) is 5.49. The highest BCUT2D eigenvalue weighted by atomic mass is 32.2. The minimum absolute atomic E-state index is 0.0546. The largest absolute Gasteiger partial charge is 0.462 e. The molecule has 0 bridgehead atoms. The fourth-order valence-corrected chi connectivity index (χ4v) is 4.23. The molecule has 122 valence electrons. The number of anilines is 1. The molecule has 1 aliphatic heterocycles. The predicted molar refractivity (Wildman–Crippen MR) is 85.6 cm³/mol. The van der Waals surface area contributed by atoms with Crippen molar-refractivity contribution in [2.75, 3.05) is 16.8 Å². The summed E-state index contributed by atoms with van der Waals surface area (Å²) in [5, 5.41) is 6.84. The van der Waals surface area contributed by atoms with Gasteiger partial charge < -0.3 is 9.73 Å². The van der Waals surface area contributed by atoms with Crippen LogP contribution in [0.4, 0.5) is 5.82 Å². The Balaban J connectivity index is 1.68. The lowest BCUT2D eigenvalue weighted by molar-refractivity contribution is -0.111. The molecule has 1 amide bonds. The Bertz CT molecular complexity index is 848. The van der Waals surface area contributed by atoms with Gasteiger partial charge in [0.25, 0.3) is 0 Å². The SMILES string of the molecule is Cc1ccc(/C=C\C(=O)Nc2ccnn2[C@@H]2CCS(=O)(=O)C2)o1. The van der Waals surface area contributed by atoms with Crippen molar-refractivity contribution in [2.45, 2.75) is 19.4 Å². The zero-order chi connectivity index (χ0) is 16.4. The molecule has 7 nitrogen and oxygen atoms in total. The normalized spacial score (nSPS) is 20.1. The highest BCUT2D eigenvalue weighted by molar-refractivity contribution is 7.91. The average molecular weight is 335 g/mol. The summed E-state index contributed by atoms with van der Waals surface area (Å²) in [4.78, 5) is 12.0. The number of carbonyl (C=O) groups excluding carboxylic acids is 1. The molecule has 1 aliphatic rings. The van der Waals surface area contributed by atoms with E-state index in [9.17, 15) is 13.2 Å². The number of hydrogen-bond donors (Lipinski definition) is 1. The van der Waals surface area contributed by atoms with Crippen LogP contribution in [0.2, 0.25) is 0 Å². The molecule has 2 aromatic rings. The number of rotatable bonds is 4. The van der Waals surface area contributed by atoms with Gasteiger partial charge in [0.2, 0.25) is 5.91 Å². The molecule has 1 N–H and O–H groups in total. The van der Waals surface area contributed by atoms with E-state index >= 15 is 0 Å². The molecule has 3 rings (SSSR count). The lowest BCUT2D eigenvalue weighted by atomic mass is 10.3. The Morgan fingerprint density at radius 3 is 2.91 bits per heavy atom. The maximum absolute atomic E-state index is 12.0. The summed E-state index contributed by atoms with van der Waals surface area (Å²) in [6.07, 6.45) is 4.98. The monoisotopic (exact) mass is 335 g/mol. The number of aryl methyl sites for hydroxylation is 1. The van der Waals surface area contributed by atoms with Crippen LogP contribution in [-0.2, 0) is 14.6 Å². The molecule has 0 spiro atoms. The van der Waals surface area contributed by atoms with Crippen LogP contribution >= 0.6 is 0 Å². The summed E-state index contributed by atoms with van der Waals surface area (Å²) in [5.41, 5.74) is 0. The van der Waals surface area contributed by atoms with Crippen molar-refractivity contribution in [3.05, 3.63) is 42.0 Å². The molecule has 1 saturated heterocycles. The lowest BCUT2D eigenvalue weighted by Gasteiger charge is -2.12. The van der Waals surface area contributed by atoms with Crippen molar-refractivity contribution in [1.29, 1.82) is 0 Å². The number of furan rings is 1. The van der Waals surface area contributed by atoms with Gasteiger partial charge in [-0.3, -0.25) is 4.79 Å². The molecule has 8 heteroatoms. The Labute approximate surface area is 133 Å². The van der Waals surface area contributed by atoms with E-state index in [1.165, 1.54) is 6.08 Å². The van der Waals surface area contributed by atoms with Crippen molar-refractivity contribution in [3.8, 4) is 0 Å². The van der Waals surface area contributed by atoms with Gasteiger partial charge in [-0.15, -0.1) is 0 Å². The van der Waals surface area contributed by atoms with E-state index in [1.807, 2.05) is 13.0 Å². The Morgan fingerprint density at radius 1 is 1.43 bits per heavy atom. The summed E-state index contributed by atoms with van der Waals surface area (Å²) < 4.78 is 30.1. The molecule has 0 saturated carbocycles. The number of carbonyl (C=O) groups is 1. The molecule has 0 radical (unpaired) electrons. The third kappa shape index (κ3) is 3.70. The first kappa shape index (κ1) is 15.5. The minimum atomic E-state index is -3.01. The van der Waals surface area contributed by atoms with Gasteiger partial charge in [-0.1, -0.05) is 0 Å². The number of nitrogens with zero attached hydrogens (tertiary/aromatic N) is 2. The van der Waals surface area contributed by atoms with E-state index in [4.69, 9.17) is 4.42 Å². The molecule has 23 heavy (non-hydrogen) atoms. The molecule has 0 aliphatic carbocycles. The number of amides is 1. The minimum Gasteiger partial charge on any atom is -0.462 e. The number of sulfone groups is 1. The Hall–Kier alpha value is -2.35. The molecule has 3 heterocycles. The van der Waals surface area contributed by atoms with Crippen LogP contribution in [0.5, 0.6) is 0 Å². The topological polar surface area (TPSA) is 94.2 Å². The average Bonchev–Trinajstić information content (AvgIpc) is 3.17. The van der Waals surface area contributed by atoms with Crippen LogP contribution in [0.3, 0.4) is 0 Å². The maximum atomic E-state index is 12.0. The van der Waals surface area contributed by atoms with Crippen LogP contribution in [0.25, 0.3) is 6.08 Å². The number of nitrogens with one attached hydrogen (secondary N) is 1. The first-order valence-electron chi connectivity index (χ1n) is 7.22. The molecule has 0 aromatic carbocycles. The van der Waals surface area contributed by atoms with E-state index < -0.39 is 9.84 Å². The second kappa shape index (κ2) is 6.04. The summed E-state index contributed by atoms with van der Waals surface area (Å²) in [6, 6.07) is 5.00.